The van der Waals surface area contributed by atoms with Crippen LogP contribution in [-0.2, 0) is 15.4 Å². The lowest BCUT2D eigenvalue weighted by Gasteiger charge is -2.12. The molecule has 0 spiro atoms. The number of carbonyl (C=O) groups excluding carboxylic acids is 1. The minimum Gasteiger partial charge on any atom is -0.397 e. The van der Waals surface area contributed by atoms with E-state index in [2.05, 4.69) is 25.5 Å². The number of nitrogens with one attached hydrogen (secondary N) is 3. The number of anilines is 4. The normalized spacial score (nSPS) is 13.7. The minimum absolute atomic E-state index is 0.227. The van der Waals surface area contributed by atoms with E-state index < -0.39 is 16.1 Å². The molecule has 216 valence electrons. The third-order valence-corrected chi connectivity index (χ3v) is 8.73. The summed E-state index contributed by atoms with van der Waals surface area (Å²) in [5, 5.41) is 14.6. The summed E-state index contributed by atoms with van der Waals surface area (Å²) in [4.78, 5) is 16.8. The molecule has 5 N–H and O–H groups in total. The van der Waals surface area contributed by atoms with Crippen LogP contribution in [0.1, 0.15) is 39.4 Å². The van der Waals surface area contributed by atoms with Crippen LogP contribution in [0.5, 0.6) is 0 Å². The molecular weight excluding hydrogens is 556 g/mol. The number of amides is 2. The Bertz CT molecular complexity index is 1880. The Morgan fingerprint density at radius 2 is 1.69 bits per heavy atom. The number of pyridine rings is 1. The molecule has 0 bridgehead atoms. The monoisotopic (exact) mass is 586 g/mol. The fourth-order valence-electron chi connectivity index (χ4n) is 4.46. The van der Waals surface area contributed by atoms with E-state index in [4.69, 9.17) is 15.4 Å². The predicted octanol–water partition coefficient (Wildman–Crippen LogP) is 5.50. The van der Waals surface area contributed by atoms with Crippen molar-refractivity contribution in [2.24, 2.45) is 0 Å². The van der Waals surface area contributed by atoms with Crippen LogP contribution >= 0.6 is 0 Å². The maximum absolute atomic E-state index is 12.5. The van der Waals surface area contributed by atoms with E-state index in [-0.39, 0.29) is 10.7 Å². The molecule has 2 amide bonds. The van der Waals surface area contributed by atoms with E-state index in [0.29, 0.717) is 52.7 Å². The number of carbonyl (C=O) groups is 1. The molecule has 12 nitrogen and oxygen atoms in total. The van der Waals surface area contributed by atoms with Gasteiger partial charge in [0.05, 0.1) is 39.9 Å². The van der Waals surface area contributed by atoms with Gasteiger partial charge in [-0.1, -0.05) is 38.1 Å². The van der Waals surface area contributed by atoms with Crippen molar-refractivity contribution >= 4 is 49.8 Å². The van der Waals surface area contributed by atoms with Crippen molar-refractivity contribution in [3.63, 3.8) is 0 Å². The maximum atomic E-state index is 12.5. The molecule has 13 heteroatoms. The van der Waals surface area contributed by atoms with Gasteiger partial charge in [-0.25, -0.2) is 17.9 Å². The zero-order valence-electron chi connectivity index (χ0n) is 23.2. The molecule has 5 aromatic rings. The fourth-order valence-corrected chi connectivity index (χ4v) is 5.85. The highest BCUT2D eigenvalue weighted by atomic mass is 32.2. The molecule has 0 radical (unpaired) electrons. The van der Waals surface area contributed by atoms with Crippen LogP contribution in [0.15, 0.2) is 71.5 Å². The molecular formula is C29H30N8O4S. The highest BCUT2D eigenvalue weighted by Crippen LogP contribution is 2.35. The minimum atomic E-state index is -3.36. The van der Waals surface area contributed by atoms with E-state index in [1.54, 1.807) is 47.4 Å². The summed E-state index contributed by atoms with van der Waals surface area (Å²) in [5.41, 5.74) is 10.4. The van der Waals surface area contributed by atoms with Gasteiger partial charge in [-0.15, -0.1) is 0 Å². The van der Waals surface area contributed by atoms with Crippen molar-refractivity contribution in [2.45, 2.75) is 44.3 Å². The van der Waals surface area contributed by atoms with Gasteiger partial charge in [0.15, 0.2) is 5.82 Å². The van der Waals surface area contributed by atoms with Crippen molar-refractivity contribution in [1.29, 1.82) is 0 Å². The quantitative estimate of drug-likeness (QED) is 0.194. The number of nitrogens with two attached hydrogens (primary N) is 1. The first-order valence-corrected chi connectivity index (χ1v) is 14.9. The van der Waals surface area contributed by atoms with Gasteiger partial charge in [0.2, 0.25) is 10.0 Å². The van der Waals surface area contributed by atoms with Gasteiger partial charge in [0.1, 0.15) is 11.5 Å². The summed E-state index contributed by atoms with van der Waals surface area (Å²) in [5.74, 6) is 0.986. The number of rotatable bonds is 7. The molecule has 3 aromatic heterocycles. The first kappa shape index (κ1) is 27.3. The van der Waals surface area contributed by atoms with Crippen LogP contribution in [0, 0.1) is 0 Å². The summed E-state index contributed by atoms with van der Waals surface area (Å²) >= 11 is 0. The van der Waals surface area contributed by atoms with Gasteiger partial charge in [0, 0.05) is 28.4 Å². The Labute approximate surface area is 242 Å². The lowest BCUT2D eigenvalue weighted by atomic mass is 9.93. The number of benzene rings is 2. The molecule has 0 unspecified atom stereocenters. The predicted molar refractivity (Wildman–Crippen MR) is 162 cm³/mol. The number of fused-ring (bicyclic) bond motifs is 1. The summed E-state index contributed by atoms with van der Waals surface area (Å²) in [6.07, 6.45) is 4.63. The van der Waals surface area contributed by atoms with Gasteiger partial charge >= 0.3 is 6.03 Å². The van der Waals surface area contributed by atoms with E-state index in [9.17, 15) is 13.2 Å². The van der Waals surface area contributed by atoms with Crippen LogP contribution in [-0.4, -0.2) is 39.6 Å². The van der Waals surface area contributed by atoms with Gasteiger partial charge in [-0.05, 0) is 49.2 Å². The number of nitrogen functional groups attached to an aromatic ring is 1. The highest BCUT2D eigenvalue weighted by molar-refractivity contribution is 7.93. The third-order valence-electron chi connectivity index (χ3n) is 6.86. The molecule has 0 saturated heterocycles. The smallest absolute Gasteiger partial charge is 0.324 e. The molecule has 1 fully saturated rings. The second-order valence-electron chi connectivity index (χ2n) is 11.3. The molecule has 0 aliphatic heterocycles. The average molecular weight is 587 g/mol. The number of sulfonamides is 1. The molecule has 1 saturated carbocycles. The van der Waals surface area contributed by atoms with Crippen LogP contribution < -0.4 is 21.1 Å². The van der Waals surface area contributed by atoms with Crippen molar-refractivity contribution in [2.75, 3.05) is 21.1 Å². The van der Waals surface area contributed by atoms with Crippen molar-refractivity contribution in [1.82, 2.24) is 19.9 Å². The summed E-state index contributed by atoms with van der Waals surface area (Å²) in [6, 6.07) is 15.4. The molecule has 1 aliphatic carbocycles. The molecule has 2 aromatic carbocycles. The molecule has 6 rings (SSSR count). The van der Waals surface area contributed by atoms with E-state index >= 15 is 0 Å². The number of urea groups is 1. The fraction of sp³-hybridized carbons (Fsp3) is 0.241. The largest absolute Gasteiger partial charge is 0.397 e. The number of aromatic nitrogens is 4. The average Bonchev–Trinajstić information content (AvgIpc) is 3.58. The Balaban J connectivity index is 1.22. The highest BCUT2D eigenvalue weighted by Gasteiger charge is 2.35. The Hall–Kier alpha value is -4.91. The van der Waals surface area contributed by atoms with Crippen LogP contribution in [0.3, 0.4) is 0 Å². The first-order valence-electron chi connectivity index (χ1n) is 13.4. The van der Waals surface area contributed by atoms with Gasteiger partial charge < -0.3 is 15.6 Å². The zero-order chi connectivity index (χ0) is 29.6. The van der Waals surface area contributed by atoms with Crippen LogP contribution in [0.4, 0.5) is 27.7 Å². The van der Waals surface area contributed by atoms with Gasteiger partial charge in [-0.2, -0.15) is 5.10 Å². The van der Waals surface area contributed by atoms with Crippen LogP contribution in [0.25, 0.3) is 27.8 Å². The van der Waals surface area contributed by atoms with Crippen molar-refractivity contribution in [3.05, 3.63) is 72.8 Å². The third kappa shape index (κ3) is 5.50. The standard InChI is InChI=1S/C29H30N8O4S/c1-29(2,3)24-14-25(35-41-24)33-28(38)32-18-8-10-20(11-9-18)37-23-16-31-15-22(30)26(23)27(34-37)17-4-6-19(7-5-17)36-42(39,40)21-12-13-21/h4-11,14-16,21,36H,12-13,30H2,1-3H3,(H2,32,33,35,38). The Kier molecular flexibility index (Phi) is 6.61. The zero-order valence-corrected chi connectivity index (χ0v) is 24.1. The molecule has 42 heavy (non-hydrogen) atoms. The van der Waals surface area contributed by atoms with E-state index in [1.165, 1.54) is 0 Å². The van der Waals surface area contributed by atoms with Gasteiger partial charge in [-0.3, -0.25) is 15.0 Å². The Morgan fingerprint density at radius 1 is 1.00 bits per heavy atom. The topological polar surface area (TPSA) is 170 Å². The summed E-state index contributed by atoms with van der Waals surface area (Å²) in [6.45, 7) is 5.98. The number of nitrogens with zero attached hydrogens (tertiary/aromatic N) is 4. The van der Waals surface area contributed by atoms with Crippen LogP contribution in [0.2, 0.25) is 0 Å². The summed E-state index contributed by atoms with van der Waals surface area (Å²) in [7, 11) is -3.36. The lowest BCUT2D eigenvalue weighted by Crippen LogP contribution is -2.19. The Morgan fingerprint density at radius 3 is 2.33 bits per heavy atom. The SMILES string of the molecule is CC(C)(C)c1cc(NC(=O)Nc2ccc(-n3nc(-c4ccc(NS(=O)(=O)C5CC5)cc4)c4c(N)cncc43)cc2)no1. The number of hydrogen-bond donors (Lipinski definition) is 4. The maximum Gasteiger partial charge on any atom is 0.324 e. The van der Waals surface area contributed by atoms with E-state index in [1.807, 2.05) is 45.0 Å². The summed E-state index contributed by atoms with van der Waals surface area (Å²) < 4.78 is 34.3. The van der Waals surface area contributed by atoms with Gasteiger partial charge in [0.25, 0.3) is 0 Å². The number of hydrogen-bond acceptors (Lipinski definition) is 8. The first-order chi connectivity index (χ1) is 20.0. The second kappa shape index (κ2) is 10.2. The van der Waals surface area contributed by atoms with E-state index in [0.717, 1.165) is 16.6 Å². The molecule has 1 aliphatic rings. The molecule has 3 heterocycles. The van der Waals surface area contributed by atoms with Crippen molar-refractivity contribution in [3.8, 4) is 16.9 Å². The molecule has 0 atom stereocenters. The van der Waals surface area contributed by atoms with Crippen molar-refractivity contribution < 1.29 is 17.7 Å². The second-order valence-corrected chi connectivity index (χ2v) is 13.2. The lowest BCUT2D eigenvalue weighted by molar-refractivity contribution is 0.262.